The Hall–Kier alpha value is -3.20. The summed E-state index contributed by atoms with van der Waals surface area (Å²) in [6.45, 7) is 1.44. The number of nitrogens with zero attached hydrogens (tertiary/aromatic N) is 5. The van der Waals surface area contributed by atoms with Crippen LogP contribution in [0.25, 0.3) is 0 Å². The van der Waals surface area contributed by atoms with Gasteiger partial charge in [0.1, 0.15) is 6.33 Å². The molecular formula is C22H24N6O2S. The molecular weight excluding hydrogens is 412 g/mol. The van der Waals surface area contributed by atoms with E-state index in [4.69, 9.17) is 0 Å². The van der Waals surface area contributed by atoms with Crippen molar-refractivity contribution in [2.75, 3.05) is 29.6 Å². The largest absolute Gasteiger partial charge is 0.353 e. The fourth-order valence-corrected chi connectivity index (χ4v) is 4.24. The molecule has 1 N–H and O–H groups in total. The molecule has 160 valence electrons. The first kappa shape index (κ1) is 21.0. The molecule has 4 rings (SSSR count). The topological polar surface area (TPSA) is 97.1 Å². The third-order valence-electron chi connectivity index (χ3n) is 5.48. The van der Waals surface area contributed by atoms with Crippen molar-refractivity contribution in [2.24, 2.45) is 5.92 Å². The smallest absolute Gasteiger partial charge is 0.351 e. The maximum absolute atomic E-state index is 11.9. The lowest BCUT2D eigenvalue weighted by Gasteiger charge is -2.32. The number of benzene rings is 1. The number of pyridine rings is 1. The van der Waals surface area contributed by atoms with Crippen LogP contribution in [0.4, 0.5) is 23.0 Å². The Morgan fingerprint density at radius 2 is 1.90 bits per heavy atom. The minimum absolute atomic E-state index is 0.0837. The van der Waals surface area contributed by atoms with Crippen molar-refractivity contribution in [1.29, 1.82) is 0 Å². The maximum Gasteiger partial charge on any atom is 0.353 e. The summed E-state index contributed by atoms with van der Waals surface area (Å²) in [4.78, 5) is 27.5. The van der Waals surface area contributed by atoms with E-state index in [1.54, 1.807) is 11.8 Å². The van der Waals surface area contributed by atoms with Crippen molar-refractivity contribution in [3.63, 3.8) is 0 Å². The number of hydrogen-bond acceptors (Lipinski definition) is 8. The van der Waals surface area contributed by atoms with Gasteiger partial charge in [-0.2, -0.15) is 0 Å². The quantitative estimate of drug-likeness (QED) is 0.323. The second-order valence-electron chi connectivity index (χ2n) is 7.46. The number of thioether (sulfide) groups is 1. The first-order valence-corrected chi connectivity index (χ1v) is 11.4. The second kappa shape index (κ2) is 9.74. The summed E-state index contributed by atoms with van der Waals surface area (Å²) >= 11 is 1.64. The zero-order valence-electron chi connectivity index (χ0n) is 17.3. The summed E-state index contributed by atoms with van der Waals surface area (Å²) < 4.78 is 0. The maximum atomic E-state index is 11.9. The molecule has 0 radical (unpaired) electrons. The Morgan fingerprint density at radius 1 is 1.13 bits per heavy atom. The average molecular weight is 437 g/mol. The second-order valence-corrected chi connectivity index (χ2v) is 8.34. The van der Waals surface area contributed by atoms with Gasteiger partial charge in [-0.15, -0.1) is 11.8 Å². The van der Waals surface area contributed by atoms with Gasteiger partial charge >= 0.3 is 5.69 Å². The van der Waals surface area contributed by atoms with E-state index in [2.05, 4.69) is 20.3 Å². The fraction of sp³-hybridized carbons (Fsp3) is 0.318. The first-order chi connectivity index (χ1) is 15.1. The molecule has 0 atom stereocenters. The minimum atomic E-state index is -0.395. The number of piperidine rings is 1. The highest BCUT2D eigenvalue weighted by molar-refractivity contribution is 7.98. The number of hydrogen-bond donors (Lipinski definition) is 1. The van der Waals surface area contributed by atoms with Crippen LogP contribution in [0.3, 0.4) is 0 Å². The van der Waals surface area contributed by atoms with Crippen LogP contribution in [-0.2, 0) is 6.42 Å². The average Bonchev–Trinajstić information content (AvgIpc) is 2.80. The molecule has 3 aromatic rings. The zero-order valence-corrected chi connectivity index (χ0v) is 18.1. The minimum Gasteiger partial charge on any atom is -0.351 e. The number of nitrogens with one attached hydrogen (secondary N) is 1. The monoisotopic (exact) mass is 436 g/mol. The van der Waals surface area contributed by atoms with Gasteiger partial charge in [-0.3, -0.25) is 15.1 Å². The Bertz CT molecular complexity index is 1020. The lowest BCUT2D eigenvalue weighted by Crippen LogP contribution is -2.35. The lowest BCUT2D eigenvalue weighted by molar-refractivity contribution is -0.383. The highest BCUT2D eigenvalue weighted by atomic mass is 32.2. The van der Waals surface area contributed by atoms with Crippen LogP contribution in [0.15, 0.2) is 59.9 Å². The molecule has 1 fully saturated rings. The van der Waals surface area contributed by atoms with Crippen molar-refractivity contribution in [2.45, 2.75) is 24.2 Å². The molecule has 0 saturated carbocycles. The third-order valence-corrected chi connectivity index (χ3v) is 6.22. The van der Waals surface area contributed by atoms with Crippen molar-refractivity contribution in [3.8, 4) is 0 Å². The van der Waals surface area contributed by atoms with Crippen LogP contribution in [0.2, 0.25) is 0 Å². The van der Waals surface area contributed by atoms with Crippen molar-refractivity contribution < 1.29 is 4.92 Å². The number of rotatable bonds is 7. The van der Waals surface area contributed by atoms with Gasteiger partial charge in [0.05, 0.1) is 4.92 Å². The highest BCUT2D eigenvalue weighted by Gasteiger charge is 2.30. The first-order valence-electron chi connectivity index (χ1n) is 10.2. The van der Waals surface area contributed by atoms with E-state index in [9.17, 15) is 10.1 Å². The molecule has 2 aromatic heterocycles. The van der Waals surface area contributed by atoms with Gasteiger partial charge < -0.3 is 10.2 Å². The predicted octanol–water partition coefficient (Wildman–Crippen LogP) is 4.70. The van der Waals surface area contributed by atoms with E-state index >= 15 is 0 Å². The SMILES string of the molecule is CSc1ccc(Nc2ncnc(N3CCC(Cc4ccccn4)CC3)c2[N+](=O)[O-])cc1. The van der Waals surface area contributed by atoms with E-state index in [0.29, 0.717) is 11.7 Å². The molecule has 0 amide bonds. The van der Waals surface area contributed by atoms with Gasteiger partial charge in [0.2, 0.25) is 11.6 Å². The van der Waals surface area contributed by atoms with Gasteiger partial charge in [0, 0.05) is 35.6 Å². The van der Waals surface area contributed by atoms with E-state index in [1.807, 2.05) is 59.8 Å². The van der Waals surface area contributed by atoms with Gasteiger partial charge in [-0.25, -0.2) is 9.97 Å². The molecule has 8 nitrogen and oxygen atoms in total. The summed E-state index contributed by atoms with van der Waals surface area (Å²) in [5.41, 5.74) is 1.76. The Balaban J connectivity index is 1.49. The van der Waals surface area contributed by atoms with Crippen LogP contribution in [0, 0.1) is 16.0 Å². The number of aromatic nitrogens is 3. The molecule has 0 unspecified atom stereocenters. The van der Waals surface area contributed by atoms with Crippen LogP contribution in [-0.4, -0.2) is 39.2 Å². The van der Waals surface area contributed by atoms with Crippen molar-refractivity contribution in [3.05, 3.63) is 70.8 Å². The van der Waals surface area contributed by atoms with Gasteiger partial charge in [0.25, 0.3) is 0 Å². The van der Waals surface area contributed by atoms with Crippen molar-refractivity contribution >= 4 is 34.8 Å². The Morgan fingerprint density at radius 3 is 2.55 bits per heavy atom. The number of nitro groups is 1. The molecule has 0 spiro atoms. The molecule has 9 heteroatoms. The van der Waals surface area contributed by atoms with Crippen LogP contribution < -0.4 is 10.2 Å². The van der Waals surface area contributed by atoms with Gasteiger partial charge in [-0.1, -0.05) is 6.07 Å². The molecule has 1 saturated heterocycles. The van der Waals surface area contributed by atoms with Crippen LogP contribution in [0.5, 0.6) is 0 Å². The molecule has 3 heterocycles. The normalized spacial score (nSPS) is 14.4. The summed E-state index contributed by atoms with van der Waals surface area (Å²) in [5, 5.41) is 15.0. The molecule has 0 aliphatic carbocycles. The molecule has 0 bridgehead atoms. The van der Waals surface area contributed by atoms with Crippen molar-refractivity contribution in [1.82, 2.24) is 15.0 Å². The Kier molecular flexibility index (Phi) is 6.61. The lowest BCUT2D eigenvalue weighted by atomic mass is 9.92. The molecule has 1 aliphatic heterocycles. The summed E-state index contributed by atoms with van der Waals surface area (Å²) in [6, 6.07) is 13.7. The summed E-state index contributed by atoms with van der Waals surface area (Å²) in [7, 11) is 0. The molecule has 31 heavy (non-hydrogen) atoms. The van der Waals surface area contributed by atoms with E-state index < -0.39 is 4.92 Å². The predicted molar refractivity (Wildman–Crippen MR) is 123 cm³/mol. The van der Waals surface area contributed by atoms with E-state index in [0.717, 1.165) is 48.6 Å². The third kappa shape index (κ3) is 5.11. The Labute approximate surface area is 185 Å². The summed E-state index contributed by atoms with van der Waals surface area (Å²) in [5.74, 6) is 1.10. The molecule has 1 aromatic carbocycles. The fourth-order valence-electron chi connectivity index (χ4n) is 3.84. The van der Waals surface area contributed by atoms with Crippen LogP contribution >= 0.6 is 11.8 Å². The van der Waals surface area contributed by atoms with E-state index in [-0.39, 0.29) is 11.5 Å². The standard InChI is InChI=1S/C22H24N6O2S/c1-31-19-7-5-17(6-8-19)26-21-20(28(29)30)22(25-15-24-21)27-12-9-16(10-13-27)14-18-4-2-3-11-23-18/h2-8,11,15-16H,9-10,12-14H2,1H3,(H,24,25,26). The van der Waals surface area contributed by atoms with Crippen LogP contribution in [0.1, 0.15) is 18.5 Å². The molecule has 1 aliphatic rings. The zero-order chi connectivity index (χ0) is 21.6. The van der Waals surface area contributed by atoms with Gasteiger partial charge in [0.15, 0.2) is 0 Å². The highest BCUT2D eigenvalue weighted by Crippen LogP contribution is 2.36. The van der Waals surface area contributed by atoms with Gasteiger partial charge in [-0.05, 0) is 67.8 Å². The number of anilines is 3. The summed E-state index contributed by atoms with van der Waals surface area (Å²) in [6.07, 6.45) is 8.02. The van der Waals surface area contributed by atoms with E-state index in [1.165, 1.54) is 6.33 Å².